The number of nitriles is 1. The molecule has 7 nitrogen and oxygen atoms in total. The van der Waals surface area contributed by atoms with Gasteiger partial charge in [-0.25, -0.2) is 9.97 Å². The number of hydrogen-bond acceptors (Lipinski definition) is 6. The van der Waals surface area contributed by atoms with Gasteiger partial charge in [-0.15, -0.1) is 0 Å². The molecule has 0 fully saturated rings. The molecular weight excluding hydrogens is 400 g/mol. The fourth-order valence-corrected chi connectivity index (χ4v) is 3.66. The van der Waals surface area contributed by atoms with Gasteiger partial charge in [0.1, 0.15) is 29.6 Å². The topological polar surface area (TPSA) is 110 Å². The molecule has 4 aromatic rings. The van der Waals surface area contributed by atoms with Gasteiger partial charge in [-0.3, -0.25) is 9.36 Å². The van der Waals surface area contributed by atoms with Crippen molar-refractivity contribution in [2.45, 2.75) is 13.0 Å². The SMILES string of the molecule is CC(Nc1ncnc(N)c1C#N)c1cc2cccc(Cl)c2c(=O)n1-c1ccccc1. The molecule has 0 saturated carbocycles. The number of nitrogens with two attached hydrogens (primary N) is 1. The number of benzene rings is 2. The minimum absolute atomic E-state index is 0.0907. The fraction of sp³-hybridized carbons (Fsp3) is 0.0909. The number of nitrogen functional groups attached to an aromatic ring is 1. The molecule has 0 saturated heterocycles. The van der Waals surface area contributed by atoms with Gasteiger partial charge in [0.15, 0.2) is 0 Å². The highest BCUT2D eigenvalue weighted by Crippen LogP contribution is 2.28. The zero-order chi connectivity index (χ0) is 21.3. The largest absolute Gasteiger partial charge is 0.382 e. The number of pyridine rings is 1. The molecule has 0 aliphatic rings. The molecular formula is C22H17ClN6O. The van der Waals surface area contributed by atoms with E-state index in [-0.39, 0.29) is 23.0 Å². The lowest BCUT2D eigenvalue weighted by Crippen LogP contribution is -2.26. The van der Waals surface area contributed by atoms with Gasteiger partial charge in [0.25, 0.3) is 5.56 Å². The second-order valence-corrected chi connectivity index (χ2v) is 7.12. The molecule has 0 bridgehead atoms. The summed E-state index contributed by atoms with van der Waals surface area (Å²) in [5.74, 6) is 0.392. The molecule has 0 spiro atoms. The number of nitrogens with zero attached hydrogens (tertiary/aromatic N) is 4. The van der Waals surface area contributed by atoms with E-state index in [1.54, 1.807) is 16.7 Å². The Hall–Kier alpha value is -3.89. The molecule has 0 radical (unpaired) electrons. The van der Waals surface area contributed by atoms with Crippen molar-refractivity contribution < 1.29 is 0 Å². The Balaban J connectivity index is 1.93. The molecule has 30 heavy (non-hydrogen) atoms. The van der Waals surface area contributed by atoms with Crippen LogP contribution in [0.25, 0.3) is 16.5 Å². The van der Waals surface area contributed by atoms with Crippen LogP contribution < -0.4 is 16.6 Å². The van der Waals surface area contributed by atoms with Gasteiger partial charge < -0.3 is 11.1 Å². The van der Waals surface area contributed by atoms with Crippen LogP contribution in [0.15, 0.2) is 65.7 Å². The summed E-state index contributed by atoms with van der Waals surface area (Å²) in [5, 5.41) is 14.2. The van der Waals surface area contributed by atoms with Crippen molar-refractivity contribution in [3.63, 3.8) is 0 Å². The maximum absolute atomic E-state index is 13.5. The third-order valence-corrected chi connectivity index (χ3v) is 5.14. The summed E-state index contributed by atoms with van der Waals surface area (Å²) in [6, 6.07) is 18.2. The molecule has 1 unspecified atom stereocenters. The summed E-state index contributed by atoms with van der Waals surface area (Å²) in [5.41, 5.74) is 7.11. The third kappa shape index (κ3) is 3.34. The van der Waals surface area contributed by atoms with E-state index in [4.69, 9.17) is 17.3 Å². The summed E-state index contributed by atoms with van der Waals surface area (Å²) >= 11 is 6.34. The number of aromatic nitrogens is 3. The standard InChI is InChI=1S/C22H17ClN6O/c1-13(28-21-16(11-24)20(25)26-12-27-21)18-10-14-6-5-9-17(23)19(14)22(30)29(18)15-7-3-2-4-8-15/h2-10,12-13H,1H3,(H3,25,26,27,28). The predicted molar refractivity (Wildman–Crippen MR) is 118 cm³/mol. The zero-order valence-electron chi connectivity index (χ0n) is 16.0. The van der Waals surface area contributed by atoms with Crippen molar-refractivity contribution in [1.29, 1.82) is 5.26 Å². The van der Waals surface area contributed by atoms with E-state index in [2.05, 4.69) is 15.3 Å². The Morgan fingerprint density at radius 1 is 1.17 bits per heavy atom. The summed E-state index contributed by atoms with van der Waals surface area (Å²) in [6.07, 6.45) is 1.29. The van der Waals surface area contributed by atoms with E-state index < -0.39 is 0 Å². The van der Waals surface area contributed by atoms with Crippen LogP contribution in [0, 0.1) is 11.3 Å². The highest BCUT2D eigenvalue weighted by atomic mass is 35.5. The van der Waals surface area contributed by atoms with E-state index in [1.807, 2.05) is 55.5 Å². The number of nitrogens with one attached hydrogen (secondary N) is 1. The molecule has 148 valence electrons. The number of halogens is 1. The Morgan fingerprint density at radius 2 is 1.93 bits per heavy atom. The number of fused-ring (bicyclic) bond motifs is 1. The van der Waals surface area contributed by atoms with Crippen LogP contribution >= 0.6 is 11.6 Å². The van der Waals surface area contributed by atoms with E-state index in [9.17, 15) is 10.1 Å². The summed E-state index contributed by atoms with van der Waals surface area (Å²) < 4.78 is 1.61. The number of para-hydroxylation sites is 1. The molecule has 0 amide bonds. The molecule has 0 aliphatic heterocycles. The molecule has 2 heterocycles. The first-order valence-electron chi connectivity index (χ1n) is 9.18. The normalized spacial score (nSPS) is 11.8. The van der Waals surface area contributed by atoms with Gasteiger partial charge in [-0.1, -0.05) is 41.9 Å². The molecule has 4 rings (SSSR count). The van der Waals surface area contributed by atoms with Crippen LogP contribution in [0.4, 0.5) is 11.6 Å². The summed E-state index contributed by atoms with van der Waals surface area (Å²) in [7, 11) is 0. The molecule has 3 N–H and O–H groups in total. The van der Waals surface area contributed by atoms with Crippen LogP contribution in [0.3, 0.4) is 0 Å². The van der Waals surface area contributed by atoms with E-state index >= 15 is 0 Å². The highest BCUT2D eigenvalue weighted by Gasteiger charge is 2.19. The van der Waals surface area contributed by atoms with Crippen molar-refractivity contribution in [2.75, 3.05) is 11.1 Å². The Morgan fingerprint density at radius 3 is 2.67 bits per heavy atom. The van der Waals surface area contributed by atoms with Gasteiger partial charge >= 0.3 is 0 Å². The minimum Gasteiger partial charge on any atom is -0.382 e. The second-order valence-electron chi connectivity index (χ2n) is 6.71. The van der Waals surface area contributed by atoms with Crippen molar-refractivity contribution in [1.82, 2.24) is 14.5 Å². The lowest BCUT2D eigenvalue weighted by Gasteiger charge is -2.22. The zero-order valence-corrected chi connectivity index (χ0v) is 16.8. The smallest absolute Gasteiger partial charge is 0.264 e. The van der Waals surface area contributed by atoms with Gasteiger partial charge in [0.05, 0.1) is 16.5 Å². The lowest BCUT2D eigenvalue weighted by atomic mass is 10.1. The van der Waals surface area contributed by atoms with Crippen LogP contribution in [0.1, 0.15) is 24.2 Å². The molecule has 8 heteroatoms. The molecule has 1 atom stereocenters. The highest BCUT2D eigenvalue weighted by molar-refractivity contribution is 6.35. The monoisotopic (exact) mass is 416 g/mol. The maximum Gasteiger partial charge on any atom is 0.264 e. The fourth-order valence-electron chi connectivity index (χ4n) is 3.40. The first kappa shape index (κ1) is 19.4. The van der Waals surface area contributed by atoms with Crippen molar-refractivity contribution in [3.05, 3.63) is 87.6 Å². The van der Waals surface area contributed by atoms with Crippen LogP contribution in [0.2, 0.25) is 5.02 Å². The Kier molecular flexibility index (Phi) is 5.09. The average molecular weight is 417 g/mol. The van der Waals surface area contributed by atoms with E-state index in [0.29, 0.717) is 27.6 Å². The van der Waals surface area contributed by atoms with E-state index in [1.165, 1.54) is 6.33 Å². The number of rotatable bonds is 4. The first-order chi connectivity index (χ1) is 14.5. The van der Waals surface area contributed by atoms with Gasteiger partial charge in [0, 0.05) is 11.4 Å². The first-order valence-corrected chi connectivity index (χ1v) is 9.55. The molecule has 2 aromatic heterocycles. The summed E-state index contributed by atoms with van der Waals surface area (Å²) in [6.45, 7) is 1.88. The van der Waals surface area contributed by atoms with Gasteiger partial charge in [0.2, 0.25) is 0 Å². The quantitative estimate of drug-likeness (QED) is 0.519. The van der Waals surface area contributed by atoms with E-state index in [0.717, 1.165) is 5.39 Å². The third-order valence-electron chi connectivity index (χ3n) is 4.82. The number of anilines is 2. The molecule has 0 aliphatic carbocycles. The lowest BCUT2D eigenvalue weighted by molar-refractivity contribution is 0.772. The summed E-state index contributed by atoms with van der Waals surface area (Å²) in [4.78, 5) is 21.5. The van der Waals surface area contributed by atoms with Crippen molar-refractivity contribution >= 4 is 34.0 Å². The molecule has 2 aromatic carbocycles. The van der Waals surface area contributed by atoms with Crippen LogP contribution in [-0.2, 0) is 0 Å². The Labute approximate surface area is 177 Å². The van der Waals surface area contributed by atoms with Crippen molar-refractivity contribution in [2.24, 2.45) is 0 Å². The van der Waals surface area contributed by atoms with Crippen LogP contribution in [0.5, 0.6) is 0 Å². The van der Waals surface area contributed by atoms with Gasteiger partial charge in [-0.2, -0.15) is 5.26 Å². The predicted octanol–water partition coefficient (Wildman–Crippen LogP) is 4.06. The minimum atomic E-state index is -0.386. The average Bonchev–Trinajstić information content (AvgIpc) is 2.74. The van der Waals surface area contributed by atoms with Gasteiger partial charge in [-0.05, 0) is 36.6 Å². The van der Waals surface area contributed by atoms with Crippen LogP contribution in [-0.4, -0.2) is 14.5 Å². The Bertz CT molecular complexity index is 1340. The second kappa shape index (κ2) is 7.85. The maximum atomic E-state index is 13.5. The van der Waals surface area contributed by atoms with Crippen molar-refractivity contribution in [3.8, 4) is 11.8 Å². The number of hydrogen-bond donors (Lipinski definition) is 2.